The van der Waals surface area contributed by atoms with Crippen LogP contribution in [0.4, 0.5) is 11.4 Å². The Kier molecular flexibility index (Phi) is 4.00. The van der Waals surface area contributed by atoms with E-state index in [9.17, 15) is 0 Å². The van der Waals surface area contributed by atoms with Gasteiger partial charge in [-0.2, -0.15) is 0 Å². The normalized spacial score (nSPS) is 17.1. The number of benzene rings is 2. The van der Waals surface area contributed by atoms with E-state index in [1.54, 1.807) is 0 Å². The van der Waals surface area contributed by atoms with Gasteiger partial charge in [0.25, 0.3) is 0 Å². The number of ether oxygens (including phenoxy) is 1. The SMILES string of the molecule is CCOc1cc(N)cc(NC2CCc3ccccc3C2)c1. The molecule has 0 saturated carbocycles. The van der Waals surface area contributed by atoms with E-state index in [1.807, 2.05) is 25.1 Å². The van der Waals surface area contributed by atoms with Crippen LogP contribution in [0.1, 0.15) is 24.5 Å². The van der Waals surface area contributed by atoms with Gasteiger partial charge in [-0.25, -0.2) is 0 Å². The molecule has 3 nitrogen and oxygen atoms in total. The molecule has 1 aliphatic rings. The average Bonchev–Trinajstić information content (AvgIpc) is 2.47. The number of rotatable bonds is 4. The number of anilines is 2. The molecule has 3 rings (SSSR count). The van der Waals surface area contributed by atoms with Gasteiger partial charge < -0.3 is 15.8 Å². The van der Waals surface area contributed by atoms with Gasteiger partial charge in [-0.1, -0.05) is 24.3 Å². The minimum absolute atomic E-state index is 0.455. The summed E-state index contributed by atoms with van der Waals surface area (Å²) < 4.78 is 5.55. The summed E-state index contributed by atoms with van der Waals surface area (Å²) in [7, 11) is 0. The minimum Gasteiger partial charge on any atom is -0.494 e. The number of fused-ring (bicyclic) bond motifs is 1. The molecule has 2 aromatic carbocycles. The van der Waals surface area contributed by atoms with Crippen LogP contribution in [0.3, 0.4) is 0 Å². The molecule has 2 aromatic rings. The molecule has 0 radical (unpaired) electrons. The number of aryl methyl sites for hydroxylation is 1. The Balaban J connectivity index is 1.73. The highest BCUT2D eigenvalue weighted by Gasteiger charge is 2.18. The first-order valence-electron chi connectivity index (χ1n) is 7.61. The Morgan fingerprint density at radius 3 is 2.81 bits per heavy atom. The van der Waals surface area contributed by atoms with E-state index in [-0.39, 0.29) is 0 Å². The monoisotopic (exact) mass is 282 g/mol. The highest BCUT2D eigenvalue weighted by molar-refractivity contribution is 5.59. The third kappa shape index (κ3) is 3.30. The molecular formula is C18H22N2O. The van der Waals surface area contributed by atoms with Gasteiger partial charge in [0, 0.05) is 29.5 Å². The lowest BCUT2D eigenvalue weighted by molar-refractivity contribution is 0.340. The van der Waals surface area contributed by atoms with Crippen LogP contribution in [0.5, 0.6) is 5.75 Å². The number of hydrogen-bond donors (Lipinski definition) is 2. The van der Waals surface area contributed by atoms with Crippen molar-refractivity contribution in [1.82, 2.24) is 0 Å². The molecule has 3 heteroatoms. The highest BCUT2D eigenvalue weighted by Crippen LogP contribution is 2.27. The predicted molar refractivity (Wildman–Crippen MR) is 87.9 cm³/mol. The van der Waals surface area contributed by atoms with Crippen molar-refractivity contribution >= 4 is 11.4 Å². The van der Waals surface area contributed by atoms with Crippen LogP contribution in [-0.2, 0) is 12.8 Å². The Morgan fingerprint density at radius 1 is 1.19 bits per heavy atom. The van der Waals surface area contributed by atoms with Crippen molar-refractivity contribution in [1.29, 1.82) is 0 Å². The van der Waals surface area contributed by atoms with Crippen molar-refractivity contribution < 1.29 is 4.74 Å². The van der Waals surface area contributed by atoms with E-state index in [2.05, 4.69) is 29.6 Å². The van der Waals surface area contributed by atoms with Crippen molar-refractivity contribution in [2.75, 3.05) is 17.7 Å². The maximum atomic E-state index is 5.95. The predicted octanol–water partition coefficient (Wildman–Crippen LogP) is 3.64. The van der Waals surface area contributed by atoms with Gasteiger partial charge in [0.2, 0.25) is 0 Å². The summed E-state index contributed by atoms with van der Waals surface area (Å²) >= 11 is 0. The Labute approximate surface area is 126 Å². The van der Waals surface area contributed by atoms with Gasteiger partial charge in [0.05, 0.1) is 6.61 Å². The topological polar surface area (TPSA) is 47.3 Å². The first-order valence-corrected chi connectivity index (χ1v) is 7.61. The molecule has 110 valence electrons. The molecule has 21 heavy (non-hydrogen) atoms. The van der Waals surface area contributed by atoms with Gasteiger partial charge in [-0.3, -0.25) is 0 Å². The maximum absolute atomic E-state index is 5.95. The third-order valence-corrected chi connectivity index (χ3v) is 3.96. The zero-order chi connectivity index (χ0) is 14.7. The van der Waals surface area contributed by atoms with Crippen molar-refractivity contribution in [3.8, 4) is 5.75 Å². The number of nitrogen functional groups attached to an aromatic ring is 1. The molecule has 0 aliphatic heterocycles. The Morgan fingerprint density at radius 2 is 2.00 bits per heavy atom. The van der Waals surface area contributed by atoms with E-state index < -0.39 is 0 Å². The fourth-order valence-corrected chi connectivity index (χ4v) is 3.01. The third-order valence-electron chi connectivity index (χ3n) is 3.96. The smallest absolute Gasteiger partial charge is 0.123 e. The second kappa shape index (κ2) is 6.08. The fourth-order valence-electron chi connectivity index (χ4n) is 3.01. The van der Waals surface area contributed by atoms with E-state index in [1.165, 1.54) is 11.1 Å². The van der Waals surface area contributed by atoms with Crippen LogP contribution >= 0.6 is 0 Å². The van der Waals surface area contributed by atoms with Crippen molar-refractivity contribution in [3.05, 3.63) is 53.6 Å². The fraction of sp³-hybridized carbons (Fsp3) is 0.333. The molecule has 0 aromatic heterocycles. The largest absolute Gasteiger partial charge is 0.494 e. The average molecular weight is 282 g/mol. The second-order valence-corrected chi connectivity index (χ2v) is 5.58. The van der Waals surface area contributed by atoms with E-state index in [0.717, 1.165) is 36.4 Å². The Bertz CT molecular complexity index is 624. The minimum atomic E-state index is 0.455. The van der Waals surface area contributed by atoms with Gasteiger partial charge in [0.1, 0.15) is 5.75 Å². The summed E-state index contributed by atoms with van der Waals surface area (Å²) in [5, 5.41) is 3.60. The molecule has 3 N–H and O–H groups in total. The van der Waals surface area contributed by atoms with E-state index in [4.69, 9.17) is 10.5 Å². The lowest BCUT2D eigenvalue weighted by Gasteiger charge is -2.26. The molecule has 1 atom stereocenters. The van der Waals surface area contributed by atoms with Crippen LogP contribution in [0.25, 0.3) is 0 Å². The summed E-state index contributed by atoms with van der Waals surface area (Å²) in [6.07, 6.45) is 3.35. The van der Waals surface area contributed by atoms with Crippen molar-refractivity contribution in [3.63, 3.8) is 0 Å². The lowest BCUT2D eigenvalue weighted by Crippen LogP contribution is -2.27. The van der Waals surface area contributed by atoms with Gasteiger partial charge in [-0.15, -0.1) is 0 Å². The number of nitrogens with two attached hydrogens (primary N) is 1. The van der Waals surface area contributed by atoms with Crippen molar-refractivity contribution in [2.24, 2.45) is 0 Å². The van der Waals surface area contributed by atoms with Gasteiger partial charge in [0.15, 0.2) is 0 Å². The summed E-state index contributed by atoms with van der Waals surface area (Å²) in [5.74, 6) is 0.830. The highest BCUT2D eigenvalue weighted by atomic mass is 16.5. The van der Waals surface area contributed by atoms with E-state index in [0.29, 0.717) is 12.6 Å². The number of nitrogens with one attached hydrogen (secondary N) is 1. The standard InChI is InChI=1S/C18H22N2O/c1-2-21-18-11-15(19)10-17(12-18)20-16-8-7-13-5-3-4-6-14(13)9-16/h3-6,10-12,16,20H,2,7-9,19H2,1H3. The maximum Gasteiger partial charge on any atom is 0.123 e. The summed E-state index contributed by atoms with van der Waals surface area (Å²) in [6, 6.07) is 15.0. The molecule has 0 bridgehead atoms. The first-order chi connectivity index (χ1) is 10.2. The quantitative estimate of drug-likeness (QED) is 0.842. The number of hydrogen-bond acceptors (Lipinski definition) is 3. The molecule has 0 fully saturated rings. The van der Waals surface area contributed by atoms with Crippen LogP contribution in [0, 0.1) is 0 Å². The van der Waals surface area contributed by atoms with Gasteiger partial charge in [-0.05, 0) is 43.4 Å². The molecule has 1 unspecified atom stereocenters. The van der Waals surface area contributed by atoms with E-state index >= 15 is 0 Å². The molecule has 0 amide bonds. The van der Waals surface area contributed by atoms with Crippen LogP contribution in [0.15, 0.2) is 42.5 Å². The molecule has 0 saturated heterocycles. The molecule has 0 heterocycles. The summed E-state index contributed by atoms with van der Waals surface area (Å²) in [4.78, 5) is 0. The second-order valence-electron chi connectivity index (χ2n) is 5.58. The summed E-state index contributed by atoms with van der Waals surface area (Å²) in [6.45, 7) is 2.63. The molecule has 0 spiro atoms. The molecular weight excluding hydrogens is 260 g/mol. The zero-order valence-electron chi connectivity index (χ0n) is 12.4. The van der Waals surface area contributed by atoms with Gasteiger partial charge >= 0.3 is 0 Å². The van der Waals surface area contributed by atoms with Crippen LogP contribution in [-0.4, -0.2) is 12.6 Å². The Hall–Kier alpha value is -2.16. The van der Waals surface area contributed by atoms with Crippen molar-refractivity contribution in [2.45, 2.75) is 32.2 Å². The zero-order valence-corrected chi connectivity index (χ0v) is 12.4. The summed E-state index contributed by atoms with van der Waals surface area (Å²) in [5.41, 5.74) is 10.7. The first kappa shape index (κ1) is 13.8. The van der Waals surface area contributed by atoms with Crippen LogP contribution < -0.4 is 15.8 Å². The molecule has 1 aliphatic carbocycles. The van der Waals surface area contributed by atoms with Crippen LogP contribution in [0.2, 0.25) is 0 Å². The lowest BCUT2D eigenvalue weighted by atomic mass is 9.88.